The molecule has 1 atom stereocenters. The number of halogens is 4. The molecule has 1 amide bonds. The SMILES string of the molecule is CS(=O)(=O)CC(=O)N1CC2(C1)OCc1cc(C3=NSC(c4ccc(Cl)nc4)(C(F)(F)F)C3)ccc12. The van der Waals surface area contributed by atoms with E-state index in [1.165, 1.54) is 17.0 Å². The Morgan fingerprint density at radius 2 is 2.00 bits per heavy atom. The van der Waals surface area contributed by atoms with Gasteiger partial charge in [0.05, 0.1) is 25.4 Å². The monoisotopic (exact) mass is 545 g/mol. The van der Waals surface area contributed by atoms with Crippen molar-refractivity contribution in [2.45, 2.75) is 29.6 Å². The number of hydrogen-bond donors (Lipinski definition) is 0. The Morgan fingerprint density at radius 3 is 2.63 bits per heavy atom. The molecule has 0 saturated carbocycles. The Kier molecular flexibility index (Phi) is 5.74. The van der Waals surface area contributed by atoms with Crippen molar-refractivity contribution < 1.29 is 31.1 Å². The highest BCUT2D eigenvalue weighted by molar-refractivity contribution is 7.99. The second-order valence-corrected chi connectivity index (χ2v) is 12.6. The average molecular weight is 546 g/mol. The molecule has 186 valence electrons. The lowest BCUT2D eigenvalue weighted by Crippen LogP contribution is -2.62. The summed E-state index contributed by atoms with van der Waals surface area (Å²) < 4.78 is 73.4. The Bertz CT molecular complexity index is 1340. The normalized spacial score (nSPS) is 23.2. The lowest BCUT2D eigenvalue weighted by Gasteiger charge is -2.47. The Morgan fingerprint density at radius 1 is 1.26 bits per heavy atom. The first-order chi connectivity index (χ1) is 16.3. The van der Waals surface area contributed by atoms with Crippen molar-refractivity contribution in [2.24, 2.45) is 4.40 Å². The standard InChI is InChI=1S/C22H19ClF3N3O4S2/c1-35(31,32)10-19(30)29-11-20(12-29)16-4-2-13(6-14(16)9-33-20)17-7-21(34-28-17,22(24,25)26)15-3-5-18(23)27-8-15/h2-6,8H,7,9-12H2,1H3. The predicted octanol–water partition coefficient (Wildman–Crippen LogP) is 3.65. The molecule has 3 aliphatic heterocycles. The summed E-state index contributed by atoms with van der Waals surface area (Å²) in [4.78, 5) is 17.4. The maximum Gasteiger partial charge on any atom is 0.409 e. The van der Waals surface area contributed by atoms with Gasteiger partial charge in [0.25, 0.3) is 0 Å². The van der Waals surface area contributed by atoms with Gasteiger partial charge in [-0.05, 0) is 46.3 Å². The zero-order valence-electron chi connectivity index (χ0n) is 18.3. The highest BCUT2D eigenvalue weighted by Gasteiger charge is 2.60. The quantitative estimate of drug-likeness (QED) is 0.430. The summed E-state index contributed by atoms with van der Waals surface area (Å²) in [6, 6.07) is 7.93. The molecule has 1 aromatic carbocycles. The topological polar surface area (TPSA) is 88.9 Å². The van der Waals surface area contributed by atoms with Gasteiger partial charge in [-0.15, -0.1) is 0 Å². The van der Waals surface area contributed by atoms with Crippen molar-refractivity contribution in [3.8, 4) is 0 Å². The average Bonchev–Trinajstić information content (AvgIpc) is 3.34. The molecule has 4 heterocycles. The fraction of sp³-hybridized carbons (Fsp3) is 0.409. The minimum Gasteiger partial charge on any atom is -0.362 e. The van der Waals surface area contributed by atoms with Crippen LogP contribution in [0.2, 0.25) is 5.15 Å². The summed E-state index contributed by atoms with van der Waals surface area (Å²) in [5.74, 6) is -1.04. The Balaban J connectivity index is 1.36. The van der Waals surface area contributed by atoms with Crippen LogP contribution in [0.3, 0.4) is 0 Å². The molecular formula is C22H19ClF3N3O4S2. The number of nitrogens with zero attached hydrogens (tertiary/aromatic N) is 3. The molecule has 0 aliphatic carbocycles. The van der Waals surface area contributed by atoms with Gasteiger partial charge in [-0.25, -0.2) is 17.8 Å². The second kappa shape index (κ2) is 8.19. The first-order valence-corrected chi connectivity index (χ1v) is 13.7. The smallest absolute Gasteiger partial charge is 0.362 e. The molecule has 1 saturated heterocycles. The summed E-state index contributed by atoms with van der Waals surface area (Å²) in [5.41, 5.74) is 1.79. The zero-order chi connectivity index (χ0) is 25.2. The minimum atomic E-state index is -4.57. The van der Waals surface area contributed by atoms with Crippen LogP contribution in [0, 0.1) is 0 Å². The number of hydrogen-bond acceptors (Lipinski definition) is 7. The van der Waals surface area contributed by atoms with Crippen LogP contribution in [0.15, 0.2) is 40.9 Å². The number of pyridine rings is 1. The summed E-state index contributed by atoms with van der Waals surface area (Å²) >= 11 is 6.23. The third kappa shape index (κ3) is 4.24. The fourth-order valence-electron chi connectivity index (χ4n) is 4.63. The second-order valence-electron chi connectivity index (χ2n) is 8.98. The first kappa shape index (κ1) is 24.5. The van der Waals surface area contributed by atoms with Gasteiger partial charge < -0.3 is 9.64 Å². The first-order valence-electron chi connectivity index (χ1n) is 10.5. The number of aromatic nitrogens is 1. The largest absolute Gasteiger partial charge is 0.409 e. The molecule has 5 rings (SSSR count). The number of likely N-dealkylation sites (tertiary alicyclic amines) is 1. The molecule has 3 aliphatic rings. The summed E-state index contributed by atoms with van der Waals surface area (Å²) in [5, 5.41) is 0.107. The number of fused-ring (bicyclic) bond motifs is 2. The third-order valence-corrected chi connectivity index (χ3v) is 8.67. The lowest BCUT2D eigenvalue weighted by molar-refractivity contribution is -0.166. The van der Waals surface area contributed by atoms with Crippen molar-refractivity contribution in [1.29, 1.82) is 0 Å². The predicted molar refractivity (Wildman–Crippen MR) is 125 cm³/mol. The molecule has 7 nitrogen and oxygen atoms in total. The summed E-state index contributed by atoms with van der Waals surface area (Å²) in [6.45, 7) is 0.694. The fourth-order valence-corrected chi connectivity index (χ4v) is 6.34. The molecule has 0 N–H and O–H groups in total. The maximum atomic E-state index is 14.2. The van der Waals surface area contributed by atoms with E-state index in [0.29, 0.717) is 23.2 Å². The van der Waals surface area contributed by atoms with Crippen LogP contribution < -0.4 is 0 Å². The zero-order valence-corrected chi connectivity index (χ0v) is 20.7. The Hall–Kier alpha value is -2.15. The van der Waals surface area contributed by atoms with Crippen LogP contribution in [0.5, 0.6) is 0 Å². The van der Waals surface area contributed by atoms with E-state index in [0.717, 1.165) is 23.6 Å². The van der Waals surface area contributed by atoms with E-state index in [2.05, 4.69) is 9.38 Å². The molecule has 1 aromatic heterocycles. The van der Waals surface area contributed by atoms with E-state index >= 15 is 0 Å². The molecule has 1 fully saturated rings. The highest BCUT2D eigenvalue weighted by Crippen LogP contribution is 2.56. The molecule has 35 heavy (non-hydrogen) atoms. The van der Waals surface area contributed by atoms with Crippen LogP contribution in [0.25, 0.3) is 0 Å². The van der Waals surface area contributed by atoms with Crippen LogP contribution in [0.1, 0.15) is 28.7 Å². The molecule has 1 spiro atoms. The number of carbonyl (C=O) groups excluding carboxylic acids is 1. The molecule has 2 aromatic rings. The molecule has 1 unspecified atom stereocenters. The third-order valence-electron chi connectivity index (χ3n) is 6.44. The number of alkyl halides is 3. The van der Waals surface area contributed by atoms with Crippen LogP contribution in [0.4, 0.5) is 13.2 Å². The number of amides is 1. The lowest BCUT2D eigenvalue weighted by atomic mass is 9.83. The van der Waals surface area contributed by atoms with Gasteiger partial charge in [0.1, 0.15) is 16.5 Å². The van der Waals surface area contributed by atoms with E-state index in [1.807, 2.05) is 0 Å². The molecule has 0 radical (unpaired) electrons. The van der Waals surface area contributed by atoms with Crippen molar-refractivity contribution >= 4 is 45.0 Å². The van der Waals surface area contributed by atoms with Crippen molar-refractivity contribution in [2.75, 3.05) is 25.1 Å². The number of rotatable bonds is 4. The van der Waals surface area contributed by atoms with E-state index in [9.17, 15) is 26.4 Å². The molecule has 0 bridgehead atoms. The minimum absolute atomic E-state index is 0.0186. The number of benzene rings is 1. The van der Waals surface area contributed by atoms with Crippen molar-refractivity contribution in [3.63, 3.8) is 0 Å². The van der Waals surface area contributed by atoms with Crippen LogP contribution >= 0.6 is 23.5 Å². The maximum absolute atomic E-state index is 14.2. The Labute approximate surface area is 208 Å². The van der Waals surface area contributed by atoms with Gasteiger partial charge >= 0.3 is 6.18 Å². The molecule has 13 heteroatoms. The van der Waals surface area contributed by atoms with Gasteiger partial charge in [-0.1, -0.05) is 29.8 Å². The van der Waals surface area contributed by atoms with Crippen LogP contribution in [-0.2, 0) is 36.3 Å². The van der Waals surface area contributed by atoms with Gasteiger partial charge in [-0.3, -0.25) is 4.79 Å². The number of carbonyl (C=O) groups is 1. The summed E-state index contributed by atoms with van der Waals surface area (Å²) in [6.07, 6.45) is -2.79. The highest BCUT2D eigenvalue weighted by atomic mass is 35.5. The van der Waals surface area contributed by atoms with Gasteiger partial charge in [0, 0.05) is 18.9 Å². The van der Waals surface area contributed by atoms with Crippen LogP contribution in [-0.4, -0.2) is 61.2 Å². The van der Waals surface area contributed by atoms with E-state index in [4.69, 9.17) is 16.3 Å². The van der Waals surface area contributed by atoms with Crippen molar-refractivity contribution in [3.05, 3.63) is 63.9 Å². The van der Waals surface area contributed by atoms with E-state index < -0.39 is 38.0 Å². The van der Waals surface area contributed by atoms with E-state index in [-0.39, 0.29) is 36.8 Å². The number of ether oxygens (including phenoxy) is 1. The molecular weight excluding hydrogens is 527 g/mol. The van der Waals surface area contributed by atoms with E-state index in [1.54, 1.807) is 18.2 Å². The summed E-state index contributed by atoms with van der Waals surface area (Å²) in [7, 11) is -3.44. The van der Waals surface area contributed by atoms with Gasteiger partial charge in [0.2, 0.25) is 5.91 Å². The van der Waals surface area contributed by atoms with Gasteiger partial charge in [-0.2, -0.15) is 13.2 Å². The van der Waals surface area contributed by atoms with Gasteiger partial charge in [0.15, 0.2) is 14.6 Å². The van der Waals surface area contributed by atoms with Crippen molar-refractivity contribution in [1.82, 2.24) is 9.88 Å². The number of sulfone groups is 1.